The molecule has 34 heavy (non-hydrogen) atoms. The molecule has 176 valence electrons. The highest BCUT2D eigenvalue weighted by atomic mass is 19.1. The number of hydrogen-bond donors (Lipinski definition) is 1. The molecule has 0 saturated carbocycles. The van der Waals surface area contributed by atoms with Crippen LogP contribution >= 0.6 is 0 Å². The Morgan fingerprint density at radius 2 is 2.03 bits per heavy atom. The van der Waals surface area contributed by atoms with E-state index in [4.69, 9.17) is 4.52 Å². The third kappa shape index (κ3) is 4.25. The summed E-state index contributed by atoms with van der Waals surface area (Å²) in [5, 5.41) is 6.80. The Kier molecular flexibility index (Phi) is 6.00. The van der Waals surface area contributed by atoms with E-state index in [-0.39, 0.29) is 29.4 Å². The summed E-state index contributed by atoms with van der Waals surface area (Å²) in [6.07, 6.45) is 3.39. The van der Waals surface area contributed by atoms with Crippen molar-refractivity contribution in [2.45, 2.75) is 38.6 Å². The topological polar surface area (TPSA) is 91.6 Å². The van der Waals surface area contributed by atoms with E-state index < -0.39 is 5.82 Å². The molecule has 1 unspecified atom stereocenters. The zero-order chi connectivity index (χ0) is 23.7. The zero-order valence-electron chi connectivity index (χ0n) is 19.0. The molecule has 9 heteroatoms. The van der Waals surface area contributed by atoms with Crippen LogP contribution in [0.5, 0.6) is 0 Å². The van der Waals surface area contributed by atoms with Crippen LogP contribution in [0.1, 0.15) is 41.0 Å². The smallest absolute Gasteiger partial charge is 0.321 e. The highest BCUT2D eigenvalue weighted by Gasteiger charge is 2.31. The fourth-order valence-corrected chi connectivity index (χ4v) is 4.77. The molecule has 0 bridgehead atoms. The second-order valence-corrected chi connectivity index (χ2v) is 8.70. The Morgan fingerprint density at radius 1 is 1.18 bits per heavy atom. The van der Waals surface area contributed by atoms with Gasteiger partial charge in [-0.05, 0) is 62.4 Å². The van der Waals surface area contributed by atoms with E-state index in [0.29, 0.717) is 31.0 Å². The highest BCUT2D eigenvalue weighted by molar-refractivity contribution is 6.00. The molecule has 1 saturated heterocycles. The van der Waals surface area contributed by atoms with Gasteiger partial charge in [0.05, 0.1) is 11.1 Å². The van der Waals surface area contributed by atoms with E-state index >= 15 is 0 Å². The first-order chi connectivity index (χ1) is 16.5. The van der Waals surface area contributed by atoms with Gasteiger partial charge < -0.3 is 14.7 Å². The summed E-state index contributed by atoms with van der Waals surface area (Å²) in [7, 11) is 0. The number of anilines is 1. The van der Waals surface area contributed by atoms with Gasteiger partial charge in [-0.3, -0.25) is 9.69 Å². The van der Waals surface area contributed by atoms with Crippen molar-refractivity contribution in [2.75, 3.05) is 24.5 Å². The number of aryl methyl sites for hydroxylation is 1. The number of nitrogens with one attached hydrogen (secondary N) is 1. The standard InChI is InChI=1S/C25H26FN5O3/c1-16-28-23(34-29-16)20-10-9-18(26)14-21(20)24(32)30-12-5-4-7-19(30)15-27-25(33)31-13-11-17-6-2-3-8-22(17)31/h2-3,6,8-10,14,19H,4-5,7,11-13,15H2,1H3,(H,27,33). The first-order valence-corrected chi connectivity index (χ1v) is 11.6. The minimum Gasteiger partial charge on any atom is -0.336 e. The van der Waals surface area contributed by atoms with Crippen molar-refractivity contribution in [3.05, 3.63) is 65.2 Å². The number of aromatic nitrogens is 2. The molecule has 8 nitrogen and oxygen atoms in total. The average molecular weight is 464 g/mol. The van der Waals surface area contributed by atoms with E-state index in [1.54, 1.807) is 16.7 Å². The molecule has 0 radical (unpaired) electrons. The average Bonchev–Trinajstić information content (AvgIpc) is 3.48. The van der Waals surface area contributed by atoms with E-state index in [0.717, 1.165) is 36.9 Å². The van der Waals surface area contributed by atoms with Gasteiger partial charge in [0.2, 0.25) is 0 Å². The van der Waals surface area contributed by atoms with Crippen molar-refractivity contribution in [2.24, 2.45) is 0 Å². The van der Waals surface area contributed by atoms with Crippen LogP contribution in [0.15, 0.2) is 47.0 Å². The van der Waals surface area contributed by atoms with Gasteiger partial charge in [0.1, 0.15) is 5.82 Å². The molecule has 0 aliphatic carbocycles. The number of para-hydroxylation sites is 1. The molecule has 2 aliphatic heterocycles. The molecule has 5 rings (SSSR count). The monoisotopic (exact) mass is 463 g/mol. The van der Waals surface area contributed by atoms with Gasteiger partial charge >= 0.3 is 6.03 Å². The number of benzene rings is 2. The van der Waals surface area contributed by atoms with Crippen LogP contribution in [0.4, 0.5) is 14.9 Å². The molecule has 3 aromatic rings. The highest BCUT2D eigenvalue weighted by Crippen LogP contribution is 2.29. The maximum atomic E-state index is 14.1. The van der Waals surface area contributed by atoms with Crippen LogP contribution in [-0.2, 0) is 6.42 Å². The lowest BCUT2D eigenvalue weighted by Crippen LogP contribution is -2.51. The fourth-order valence-electron chi connectivity index (χ4n) is 4.77. The molecule has 1 fully saturated rings. The lowest BCUT2D eigenvalue weighted by atomic mass is 9.98. The Balaban J connectivity index is 1.33. The van der Waals surface area contributed by atoms with Crippen LogP contribution in [0, 0.1) is 12.7 Å². The molecule has 1 N–H and O–H groups in total. The SMILES string of the molecule is Cc1noc(-c2ccc(F)cc2C(=O)N2CCCCC2CNC(=O)N2CCc3ccccc32)n1. The normalized spacial score (nSPS) is 17.5. The summed E-state index contributed by atoms with van der Waals surface area (Å²) in [4.78, 5) is 34.2. The van der Waals surface area contributed by atoms with Crippen LogP contribution in [-0.4, -0.2) is 52.7 Å². The van der Waals surface area contributed by atoms with Crippen molar-refractivity contribution in [3.63, 3.8) is 0 Å². The predicted octanol–water partition coefficient (Wildman–Crippen LogP) is 3.95. The Morgan fingerprint density at radius 3 is 2.85 bits per heavy atom. The summed E-state index contributed by atoms with van der Waals surface area (Å²) >= 11 is 0. The number of amides is 3. The van der Waals surface area contributed by atoms with Crippen LogP contribution in [0.25, 0.3) is 11.5 Å². The lowest BCUT2D eigenvalue weighted by molar-refractivity contribution is 0.0615. The van der Waals surface area contributed by atoms with Crippen LogP contribution in [0.3, 0.4) is 0 Å². The third-order valence-corrected chi connectivity index (χ3v) is 6.48. The molecule has 3 amide bonds. The van der Waals surface area contributed by atoms with Crippen LogP contribution in [0.2, 0.25) is 0 Å². The van der Waals surface area contributed by atoms with Gasteiger partial charge in [-0.2, -0.15) is 4.98 Å². The van der Waals surface area contributed by atoms with Crippen molar-refractivity contribution in [3.8, 4) is 11.5 Å². The van der Waals surface area contributed by atoms with Crippen molar-refractivity contribution >= 4 is 17.6 Å². The molecular formula is C25H26FN5O3. The Hall–Kier alpha value is -3.75. The van der Waals surface area contributed by atoms with Crippen molar-refractivity contribution < 1.29 is 18.5 Å². The summed E-state index contributed by atoms with van der Waals surface area (Å²) in [6.45, 7) is 3.17. The summed E-state index contributed by atoms with van der Waals surface area (Å²) in [6, 6.07) is 11.5. The Labute approximate surface area is 196 Å². The number of carbonyl (C=O) groups excluding carboxylic acids is 2. The number of likely N-dealkylation sites (tertiary alicyclic amines) is 1. The second-order valence-electron chi connectivity index (χ2n) is 8.70. The zero-order valence-corrected chi connectivity index (χ0v) is 19.0. The number of carbonyl (C=O) groups is 2. The van der Waals surface area contributed by atoms with E-state index in [9.17, 15) is 14.0 Å². The number of hydrogen-bond acceptors (Lipinski definition) is 5. The maximum Gasteiger partial charge on any atom is 0.321 e. The van der Waals surface area contributed by atoms with Crippen molar-refractivity contribution in [1.82, 2.24) is 20.4 Å². The number of halogens is 1. The van der Waals surface area contributed by atoms with E-state index in [2.05, 4.69) is 15.5 Å². The second kappa shape index (κ2) is 9.24. The molecule has 1 aromatic heterocycles. The predicted molar refractivity (Wildman–Crippen MR) is 124 cm³/mol. The first-order valence-electron chi connectivity index (χ1n) is 11.6. The van der Waals surface area contributed by atoms with Gasteiger partial charge in [0.15, 0.2) is 5.82 Å². The molecule has 1 atom stereocenters. The summed E-state index contributed by atoms with van der Waals surface area (Å²) in [5.74, 6) is -0.219. The molecule has 2 aromatic carbocycles. The molecular weight excluding hydrogens is 437 g/mol. The number of urea groups is 1. The fraction of sp³-hybridized carbons (Fsp3) is 0.360. The van der Waals surface area contributed by atoms with E-state index in [1.165, 1.54) is 18.2 Å². The number of rotatable bonds is 4. The first kappa shape index (κ1) is 22.1. The van der Waals surface area contributed by atoms with Gasteiger partial charge in [-0.15, -0.1) is 0 Å². The molecule has 0 spiro atoms. The minimum absolute atomic E-state index is 0.171. The maximum absolute atomic E-state index is 14.1. The van der Waals surface area contributed by atoms with Gasteiger partial charge in [0, 0.05) is 31.4 Å². The Bertz CT molecular complexity index is 1230. The van der Waals surface area contributed by atoms with Crippen molar-refractivity contribution in [1.29, 1.82) is 0 Å². The summed E-state index contributed by atoms with van der Waals surface area (Å²) < 4.78 is 19.4. The van der Waals surface area contributed by atoms with E-state index in [1.807, 2.05) is 24.3 Å². The minimum atomic E-state index is -0.516. The van der Waals surface area contributed by atoms with Crippen LogP contribution < -0.4 is 10.2 Å². The van der Waals surface area contributed by atoms with Gasteiger partial charge in [-0.25, -0.2) is 9.18 Å². The largest absolute Gasteiger partial charge is 0.336 e. The van der Waals surface area contributed by atoms with Gasteiger partial charge in [0.25, 0.3) is 11.8 Å². The molecule has 3 heterocycles. The number of nitrogens with zero attached hydrogens (tertiary/aromatic N) is 4. The quantitative estimate of drug-likeness (QED) is 0.633. The third-order valence-electron chi connectivity index (χ3n) is 6.48. The molecule has 2 aliphatic rings. The number of fused-ring (bicyclic) bond motifs is 1. The number of piperidine rings is 1. The summed E-state index contributed by atoms with van der Waals surface area (Å²) in [5.41, 5.74) is 2.65. The van der Waals surface area contributed by atoms with Gasteiger partial charge in [-0.1, -0.05) is 23.4 Å². The lowest BCUT2D eigenvalue weighted by Gasteiger charge is -2.36.